The van der Waals surface area contributed by atoms with Crippen LogP contribution in [0.2, 0.25) is 0 Å². The third kappa shape index (κ3) is 3.63. The Morgan fingerprint density at radius 1 is 1.19 bits per heavy atom. The van der Waals surface area contributed by atoms with E-state index in [1.165, 1.54) is 25.7 Å². The molecule has 1 aliphatic rings. The lowest BCUT2D eigenvalue weighted by atomic mass is 10.1. The maximum absolute atomic E-state index is 12.1. The maximum atomic E-state index is 12.1. The average molecular weight is 285 g/mol. The topological polar surface area (TPSA) is 46.9 Å². The fraction of sp³-hybridized carbons (Fsp3) is 0.529. The van der Waals surface area contributed by atoms with Crippen LogP contribution >= 0.6 is 0 Å². The van der Waals surface area contributed by atoms with Crippen molar-refractivity contribution in [3.05, 3.63) is 30.5 Å². The number of hydrogen-bond donors (Lipinski definition) is 1. The van der Waals surface area contributed by atoms with E-state index < -0.39 is 0 Å². The zero-order valence-electron chi connectivity index (χ0n) is 12.4. The normalized spacial score (nSPS) is 16.8. The van der Waals surface area contributed by atoms with Crippen molar-refractivity contribution < 1.29 is 4.79 Å². The minimum absolute atomic E-state index is 0.154. The van der Waals surface area contributed by atoms with E-state index in [2.05, 4.69) is 10.4 Å². The number of rotatable bonds is 4. The van der Waals surface area contributed by atoms with E-state index >= 15 is 0 Å². The highest BCUT2D eigenvalue weighted by Gasteiger charge is 2.14. The summed E-state index contributed by atoms with van der Waals surface area (Å²) in [7, 11) is 0. The fourth-order valence-corrected chi connectivity index (χ4v) is 3.14. The molecular formula is C17H23N3O. The van der Waals surface area contributed by atoms with Crippen molar-refractivity contribution in [3.63, 3.8) is 0 Å². The van der Waals surface area contributed by atoms with E-state index in [1.807, 2.05) is 35.1 Å². The lowest BCUT2D eigenvalue weighted by Crippen LogP contribution is -2.34. The minimum Gasteiger partial charge on any atom is -0.353 e. The quantitative estimate of drug-likeness (QED) is 0.876. The maximum Gasteiger partial charge on any atom is 0.222 e. The van der Waals surface area contributed by atoms with E-state index in [4.69, 9.17) is 0 Å². The highest BCUT2D eigenvalue weighted by molar-refractivity contribution is 5.79. The Labute approximate surface area is 125 Å². The van der Waals surface area contributed by atoms with E-state index in [-0.39, 0.29) is 5.91 Å². The van der Waals surface area contributed by atoms with Gasteiger partial charge in [-0.2, -0.15) is 5.10 Å². The van der Waals surface area contributed by atoms with Crippen molar-refractivity contribution in [3.8, 4) is 0 Å². The predicted octanol–water partition coefficient (Wildman–Crippen LogP) is 3.27. The van der Waals surface area contributed by atoms with Crippen LogP contribution in [0, 0.1) is 0 Å². The lowest BCUT2D eigenvalue weighted by Gasteiger charge is -2.16. The summed E-state index contributed by atoms with van der Waals surface area (Å²) in [6.45, 7) is 0.645. The summed E-state index contributed by atoms with van der Waals surface area (Å²) >= 11 is 0. The summed E-state index contributed by atoms with van der Waals surface area (Å²) < 4.78 is 1.92. The molecule has 1 N–H and O–H groups in total. The molecule has 0 aliphatic heterocycles. The van der Waals surface area contributed by atoms with Crippen molar-refractivity contribution in [2.24, 2.45) is 0 Å². The van der Waals surface area contributed by atoms with Gasteiger partial charge in [-0.15, -0.1) is 0 Å². The molecule has 0 spiro atoms. The smallest absolute Gasteiger partial charge is 0.222 e. The van der Waals surface area contributed by atoms with Gasteiger partial charge in [0, 0.05) is 17.8 Å². The molecule has 0 saturated heterocycles. The van der Waals surface area contributed by atoms with Gasteiger partial charge in [-0.25, -0.2) is 0 Å². The van der Waals surface area contributed by atoms with Gasteiger partial charge < -0.3 is 5.32 Å². The Hall–Kier alpha value is -1.84. The molecule has 1 heterocycles. The Kier molecular flexibility index (Phi) is 4.53. The molecule has 0 bridgehead atoms. The van der Waals surface area contributed by atoms with Crippen molar-refractivity contribution in [2.45, 2.75) is 57.5 Å². The molecule has 0 radical (unpaired) electrons. The van der Waals surface area contributed by atoms with Crippen LogP contribution in [-0.4, -0.2) is 21.7 Å². The van der Waals surface area contributed by atoms with E-state index in [0.29, 0.717) is 19.0 Å². The number of carbonyl (C=O) groups is 1. The molecular weight excluding hydrogens is 262 g/mol. The first-order valence-electron chi connectivity index (χ1n) is 8.03. The number of aryl methyl sites for hydroxylation is 1. The average Bonchev–Trinajstić information content (AvgIpc) is 2.74. The molecule has 4 nitrogen and oxygen atoms in total. The van der Waals surface area contributed by atoms with Crippen LogP contribution in [0.5, 0.6) is 0 Å². The Morgan fingerprint density at radius 2 is 1.95 bits per heavy atom. The van der Waals surface area contributed by atoms with Gasteiger partial charge in [0.25, 0.3) is 0 Å². The number of nitrogens with zero attached hydrogens (tertiary/aromatic N) is 2. The molecule has 4 heteroatoms. The molecule has 1 aliphatic carbocycles. The van der Waals surface area contributed by atoms with E-state index in [0.717, 1.165) is 23.7 Å². The first kappa shape index (κ1) is 14.1. The number of para-hydroxylation sites is 1. The molecule has 0 unspecified atom stereocenters. The fourth-order valence-electron chi connectivity index (χ4n) is 3.14. The molecule has 1 saturated carbocycles. The summed E-state index contributed by atoms with van der Waals surface area (Å²) in [5.74, 6) is 0.154. The molecule has 1 aromatic carbocycles. The number of hydrogen-bond acceptors (Lipinski definition) is 2. The molecule has 21 heavy (non-hydrogen) atoms. The largest absolute Gasteiger partial charge is 0.353 e. The lowest BCUT2D eigenvalue weighted by molar-refractivity contribution is -0.122. The van der Waals surface area contributed by atoms with Crippen LogP contribution in [0.3, 0.4) is 0 Å². The number of nitrogens with one attached hydrogen (secondary N) is 1. The number of aromatic nitrogens is 2. The van der Waals surface area contributed by atoms with Crippen LogP contribution in [0.1, 0.15) is 44.9 Å². The summed E-state index contributed by atoms with van der Waals surface area (Å²) in [5.41, 5.74) is 1.10. The number of carbonyl (C=O) groups excluding carboxylic acids is 1. The summed E-state index contributed by atoms with van der Waals surface area (Å²) in [6, 6.07) is 8.49. The van der Waals surface area contributed by atoms with Crippen LogP contribution in [0.25, 0.3) is 10.9 Å². The molecule has 0 atom stereocenters. The predicted molar refractivity (Wildman–Crippen MR) is 84.0 cm³/mol. The molecule has 1 fully saturated rings. The summed E-state index contributed by atoms with van der Waals surface area (Å²) in [4.78, 5) is 12.1. The first-order chi connectivity index (χ1) is 10.3. The van der Waals surface area contributed by atoms with Gasteiger partial charge in [-0.05, 0) is 18.9 Å². The molecule has 1 aromatic heterocycles. The standard InChI is InChI=1S/C17H23N3O/c21-17(19-15-8-3-1-2-4-9-15)11-12-20-16-10-6-5-7-14(16)13-18-20/h5-7,10,13,15H,1-4,8-9,11-12H2,(H,19,21). The molecule has 1 amide bonds. The van der Waals surface area contributed by atoms with Crippen molar-refractivity contribution >= 4 is 16.8 Å². The van der Waals surface area contributed by atoms with Crippen molar-refractivity contribution in [2.75, 3.05) is 0 Å². The number of fused-ring (bicyclic) bond motifs is 1. The van der Waals surface area contributed by atoms with Gasteiger partial charge in [0.05, 0.1) is 18.3 Å². The van der Waals surface area contributed by atoms with E-state index in [1.54, 1.807) is 0 Å². The molecule has 2 aromatic rings. The van der Waals surface area contributed by atoms with Crippen LogP contribution in [0.4, 0.5) is 0 Å². The van der Waals surface area contributed by atoms with Gasteiger partial charge in [-0.1, -0.05) is 43.9 Å². The van der Waals surface area contributed by atoms with E-state index in [9.17, 15) is 4.79 Å². The van der Waals surface area contributed by atoms with Gasteiger partial charge >= 0.3 is 0 Å². The first-order valence-corrected chi connectivity index (χ1v) is 8.03. The molecule has 3 rings (SSSR count). The molecule has 112 valence electrons. The second-order valence-corrected chi connectivity index (χ2v) is 5.93. The third-order valence-electron chi connectivity index (χ3n) is 4.32. The zero-order chi connectivity index (χ0) is 14.5. The third-order valence-corrected chi connectivity index (χ3v) is 4.32. The van der Waals surface area contributed by atoms with Crippen molar-refractivity contribution in [1.82, 2.24) is 15.1 Å². The van der Waals surface area contributed by atoms with Crippen LogP contribution in [0.15, 0.2) is 30.5 Å². The van der Waals surface area contributed by atoms with Gasteiger partial charge in [-0.3, -0.25) is 9.48 Å². The Balaban J connectivity index is 1.53. The number of amides is 1. The van der Waals surface area contributed by atoms with Crippen LogP contribution < -0.4 is 5.32 Å². The summed E-state index contributed by atoms with van der Waals surface area (Å²) in [6.07, 6.45) is 9.74. The second kappa shape index (κ2) is 6.74. The Bertz CT molecular complexity index is 597. The van der Waals surface area contributed by atoms with Crippen LogP contribution in [-0.2, 0) is 11.3 Å². The second-order valence-electron chi connectivity index (χ2n) is 5.93. The van der Waals surface area contributed by atoms with Gasteiger partial charge in [0.1, 0.15) is 0 Å². The van der Waals surface area contributed by atoms with Gasteiger partial charge in [0.15, 0.2) is 0 Å². The minimum atomic E-state index is 0.154. The summed E-state index contributed by atoms with van der Waals surface area (Å²) in [5, 5.41) is 8.68. The SMILES string of the molecule is O=C(CCn1ncc2ccccc21)NC1CCCCCC1. The van der Waals surface area contributed by atoms with Crippen molar-refractivity contribution in [1.29, 1.82) is 0 Å². The monoisotopic (exact) mass is 285 g/mol. The number of benzene rings is 1. The highest BCUT2D eigenvalue weighted by atomic mass is 16.1. The van der Waals surface area contributed by atoms with Gasteiger partial charge in [0.2, 0.25) is 5.91 Å². The zero-order valence-corrected chi connectivity index (χ0v) is 12.4. The Morgan fingerprint density at radius 3 is 2.76 bits per heavy atom. The highest BCUT2D eigenvalue weighted by Crippen LogP contribution is 2.17.